The molecule has 0 atom stereocenters. The van der Waals surface area contributed by atoms with Crippen LogP contribution in [-0.2, 0) is 11.3 Å². The normalized spacial score (nSPS) is 16.0. The lowest BCUT2D eigenvalue weighted by atomic mass is 10.1. The maximum Gasteiger partial charge on any atom is 0.253 e. The van der Waals surface area contributed by atoms with Crippen molar-refractivity contribution in [3.63, 3.8) is 0 Å². The summed E-state index contributed by atoms with van der Waals surface area (Å²) in [6.45, 7) is 11.1. The number of ether oxygens (including phenoxy) is 2. The van der Waals surface area contributed by atoms with Gasteiger partial charge in [-0.3, -0.25) is 4.79 Å². The molecule has 1 aromatic rings. The molecule has 1 aliphatic heterocycles. The zero-order valence-corrected chi connectivity index (χ0v) is 14.7. The van der Waals surface area contributed by atoms with Gasteiger partial charge in [0.05, 0.1) is 19.8 Å². The van der Waals surface area contributed by atoms with Crippen molar-refractivity contribution in [3.05, 3.63) is 29.3 Å². The van der Waals surface area contributed by atoms with E-state index in [2.05, 4.69) is 11.8 Å². The summed E-state index contributed by atoms with van der Waals surface area (Å²) < 4.78 is 11.0. The number of benzene rings is 1. The van der Waals surface area contributed by atoms with Gasteiger partial charge in [0.1, 0.15) is 5.75 Å². The Morgan fingerprint density at radius 1 is 1.22 bits per heavy atom. The number of amides is 1. The van der Waals surface area contributed by atoms with Crippen molar-refractivity contribution in [2.24, 2.45) is 0 Å². The van der Waals surface area contributed by atoms with E-state index in [0.717, 1.165) is 44.0 Å². The first-order valence-electron chi connectivity index (χ1n) is 8.35. The van der Waals surface area contributed by atoms with Crippen LogP contribution < -0.4 is 4.74 Å². The smallest absolute Gasteiger partial charge is 0.253 e. The van der Waals surface area contributed by atoms with Crippen molar-refractivity contribution < 1.29 is 14.3 Å². The average molecular weight is 320 g/mol. The second-order valence-electron chi connectivity index (χ2n) is 6.11. The van der Waals surface area contributed by atoms with Crippen LogP contribution in [0.5, 0.6) is 5.75 Å². The Kier molecular flexibility index (Phi) is 6.42. The Morgan fingerprint density at radius 3 is 2.48 bits per heavy atom. The third kappa shape index (κ3) is 4.69. The Bertz CT molecular complexity index is 523. The monoisotopic (exact) mass is 320 g/mol. The fourth-order valence-electron chi connectivity index (χ4n) is 2.73. The topological polar surface area (TPSA) is 42.0 Å². The summed E-state index contributed by atoms with van der Waals surface area (Å²) in [5, 5.41) is 0. The maximum atomic E-state index is 12.7. The maximum absolute atomic E-state index is 12.7. The molecule has 5 heteroatoms. The molecular formula is C18H28N2O3. The highest BCUT2D eigenvalue weighted by molar-refractivity contribution is 5.94. The summed E-state index contributed by atoms with van der Waals surface area (Å²) >= 11 is 0. The molecule has 2 rings (SSSR count). The molecule has 1 amide bonds. The van der Waals surface area contributed by atoms with Crippen molar-refractivity contribution in [2.45, 2.75) is 33.5 Å². The summed E-state index contributed by atoms with van der Waals surface area (Å²) in [6, 6.07) is 5.59. The molecule has 0 aromatic heterocycles. The Morgan fingerprint density at radius 2 is 1.91 bits per heavy atom. The van der Waals surface area contributed by atoms with E-state index < -0.39 is 0 Å². The van der Waals surface area contributed by atoms with Gasteiger partial charge in [-0.05, 0) is 38.6 Å². The number of likely N-dealkylation sites (N-methyl/N-ethyl adjacent to an activating group) is 1. The molecule has 128 valence electrons. The Labute approximate surface area is 139 Å². The van der Waals surface area contributed by atoms with Crippen molar-refractivity contribution >= 4 is 5.91 Å². The van der Waals surface area contributed by atoms with Gasteiger partial charge in [0, 0.05) is 37.3 Å². The third-order valence-corrected chi connectivity index (χ3v) is 4.21. The van der Waals surface area contributed by atoms with Crippen molar-refractivity contribution in [2.75, 3.05) is 39.8 Å². The van der Waals surface area contributed by atoms with Gasteiger partial charge in [0.2, 0.25) is 0 Å². The van der Waals surface area contributed by atoms with Crippen molar-refractivity contribution in [1.82, 2.24) is 9.80 Å². The van der Waals surface area contributed by atoms with Crippen LogP contribution in [-0.4, -0.2) is 61.6 Å². The highest BCUT2D eigenvalue weighted by atomic mass is 16.5. The highest BCUT2D eigenvalue weighted by Gasteiger charge is 2.22. The molecule has 23 heavy (non-hydrogen) atoms. The van der Waals surface area contributed by atoms with Gasteiger partial charge < -0.3 is 19.3 Å². The van der Waals surface area contributed by atoms with Crippen LogP contribution in [0.2, 0.25) is 0 Å². The minimum atomic E-state index is 0.0919. The van der Waals surface area contributed by atoms with E-state index in [-0.39, 0.29) is 12.0 Å². The van der Waals surface area contributed by atoms with Gasteiger partial charge in [-0.1, -0.05) is 6.92 Å². The van der Waals surface area contributed by atoms with Crippen LogP contribution in [0.4, 0.5) is 0 Å². The molecule has 0 N–H and O–H groups in total. The standard InChI is InChI=1S/C18H28N2O3/c1-5-19-8-10-20(11-9-19)18(21)15-6-7-17(22-4)16(12-15)13-23-14(2)3/h6-7,12,14H,5,8-11,13H2,1-4H3. The van der Waals surface area contributed by atoms with Crippen LogP contribution in [0.25, 0.3) is 0 Å². The summed E-state index contributed by atoms with van der Waals surface area (Å²) in [5.74, 6) is 0.854. The predicted molar refractivity (Wildman–Crippen MR) is 90.9 cm³/mol. The predicted octanol–water partition coefficient (Wildman–Crippen LogP) is 2.40. The molecule has 0 saturated carbocycles. The molecule has 1 heterocycles. The first-order chi connectivity index (χ1) is 11.0. The number of carbonyl (C=O) groups is 1. The van der Waals surface area contributed by atoms with E-state index >= 15 is 0 Å². The molecule has 0 unspecified atom stereocenters. The summed E-state index contributed by atoms with van der Waals surface area (Å²) in [5.41, 5.74) is 1.62. The fourth-order valence-corrected chi connectivity index (χ4v) is 2.73. The fraction of sp³-hybridized carbons (Fsp3) is 0.611. The molecule has 1 fully saturated rings. The molecule has 0 spiro atoms. The first-order valence-corrected chi connectivity index (χ1v) is 8.35. The number of carbonyl (C=O) groups excluding carboxylic acids is 1. The quantitative estimate of drug-likeness (QED) is 0.807. The van der Waals surface area contributed by atoms with Crippen LogP contribution in [0, 0.1) is 0 Å². The van der Waals surface area contributed by atoms with Gasteiger partial charge in [-0.15, -0.1) is 0 Å². The van der Waals surface area contributed by atoms with Crippen LogP contribution in [0.3, 0.4) is 0 Å². The number of hydrogen-bond donors (Lipinski definition) is 0. The Hall–Kier alpha value is -1.59. The summed E-state index contributed by atoms with van der Waals surface area (Å²) in [6.07, 6.45) is 0.140. The third-order valence-electron chi connectivity index (χ3n) is 4.21. The molecule has 1 saturated heterocycles. The lowest BCUT2D eigenvalue weighted by molar-refractivity contribution is 0.0629. The van der Waals surface area contributed by atoms with E-state index in [1.165, 1.54) is 0 Å². The Balaban J connectivity index is 2.09. The van der Waals surface area contributed by atoms with E-state index in [0.29, 0.717) is 12.2 Å². The van der Waals surface area contributed by atoms with Gasteiger partial charge in [-0.25, -0.2) is 0 Å². The van der Waals surface area contributed by atoms with Gasteiger partial charge in [0.15, 0.2) is 0 Å². The zero-order chi connectivity index (χ0) is 16.8. The number of methoxy groups -OCH3 is 1. The largest absolute Gasteiger partial charge is 0.496 e. The molecule has 0 aliphatic carbocycles. The molecule has 0 radical (unpaired) electrons. The summed E-state index contributed by atoms with van der Waals surface area (Å²) in [4.78, 5) is 17.0. The SMILES string of the molecule is CCN1CCN(C(=O)c2ccc(OC)c(COC(C)C)c2)CC1. The average Bonchev–Trinajstić information content (AvgIpc) is 2.59. The minimum Gasteiger partial charge on any atom is -0.496 e. The van der Waals surface area contributed by atoms with E-state index in [9.17, 15) is 4.79 Å². The number of nitrogens with zero attached hydrogens (tertiary/aromatic N) is 2. The highest BCUT2D eigenvalue weighted by Crippen LogP contribution is 2.22. The molecule has 1 aliphatic rings. The molecular weight excluding hydrogens is 292 g/mol. The van der Waals surface area contributed by atoms with E-state index in [1.807, 2.05) is 36.9 Å². The van der Waals surface area contributed by atoms with Crippen molar-refractivity contribution in [1.29, 1.82) is 0 Å². The summed E-state index contributed by atoms with van der Waals surface area (Å²) in [7, 11) is 1.64. The van der Waals surface area contributed by atoms with Crippen molar-refractivity contribution in [3.8, 4) is 5.75 Å². The minimum absolute atomic E-state index is 0.0919. The van der Waals surface area contributed by atoms with Crippen LogP contribution in [0.15, 0.2) is 18.2 Å². The van der Waals surface area contributed by atoms with Gasteiger partial charge in [0.25, 0.3) is 5.91 Å². The van der Waals surface area contributed by atoms with Crippen LogP contribution in [0.1, 0.15) is 36.7 Å². The number of piperazine rings is 1. The van der Waals surface area contributed by atoms with E-state index in [4.69, 9.17) is 9.47 Å². The molecule has 1 aromatic carbocycles. The number of hydrogen-bond acceptors (Lipinski definition) is 4. The zero-order valence-electron chi connectivity index (χ0n) is 14.7. The number of rotatable bonds is 6. The lowest BCUT2D eigenvalue weighted by Crippen LogP contribution is -2.48. The lowest BCUT2D eigenvalue weighted by Gasteiger charge is -2.34. The first kappa shape index (κ1) is 17.8. The molecule has 5 nitrogen and oxygen atoms in total. The van der Waals surface area contributed by atoms with Gasteiger partial charge >= 0.3 is 0 Å². The second kappa shape index (κ2) is 8.31. The second-order valence-corrected chi connectivity index (χ2v) is 6.11. The van der Waals surface area contributed by atoms with Gasteiger partial charge in [-0.2, -0.15) is 0 Å². The van der Waals surface area contributed by atoms with E-state index in [1.54, 1.807) is 7.11 Å². The molecule has 0 bridgehead atoms. The van der Waals surface area contributed by atoms with Crippen LogP contribution >= 0.6 is 0 Å².